The van der Waals surface area contributed by atoms with E-state index in [0.717, 1.165) is 35.2 Å². The number of hydrogen-bond acceptors (Lipinski definition) is 4. The average Bonchev–Trinajstić information content (AvgIpc) is 3.16. The van der Waals surface area contributed by atoms with Gasteiger partial charge in [-0.25, -0.2) is 9.97 Å². The second-order valence-electron chi connectivity index (χ2n) is 4.87. The lowest BCUT2D eigenvalue weighted by Gasteiger charge is -2.23. The summed E-state index contributed by atoms with van der Waals surface area (Å²) in [7, 11) is 0. The van der Waals surface area contributed by atoms with Crippen LogP contribution in [0.4, 0.5) is 5.95 Å². The fraction of sp³-hybridized carbons (Fsp3) is 0.200. The smallest absolute Gasteiger partial charge is 0.203 e. The summed E-state index contributed by atoms with van der Waals surface area (Å²) in [6, 6.07) is 10.6. The molecule has 1 N–H and O–H groups in total. The third kappa shape index (κ3) is 2.00. The average molecular weight is 282 g/mol. The molecule has 1 atom stereocenters. The van der Waals surface area contributed by atoms with Crippen LogP contribution in [0.5, 0.6) is 0 Å². The van der Waals surface area contributed by atoms with Crippen molar-refractivity contribution in [2.75, 3.05) is 5.32 Å². The van der Waals surface area contributed by atoms with E-state index in [1.165, 1.54) is 0 Å². The topological polar surface area (TPSA) is 42.7 Å². The second-order valence-corrected chi connectivity index (χ2v) is 5.79. The van der Waals surface area contributed by atoms with E-state index < -0.39 is 0 Å². The molecule has 0 aliphatic carbocycles. The number of fused-ring (bicyclic) bond motifs is 1. The highest BCUT2D eigenvalue weighted by Gasteiger charge is 2.22. The largest absolute Gasteiger partial charge is 0.346 e. The fourth-order valence-corrected chi connectivity index (χ4v) is 3.26. The van der Waals surface area contributed by atoms with Crippen LogP contribution in [0.25, 0.3) is 11.3 Å². The summed E-state index contributed by atoms with van der Waals surface area (Å²) in [6.07, 6.45) is 5.03. The lowest BCUT2D eigenvalue weighted by Crippen LogP contribution is -2.21. The van der Waals surface area contributed by atoms with Gasteiger partial charge in [0.15, 0.2) is 0 Å². The van der Waals surface area contributed by atoms with Gasteiger partial charge in [0.2, 0.25) is 5.95 Å². The molecule has 1 aromatic carbocycles. The van der Waals surface area contributed by atoms with Crippen LogP contribution < -0.4 is 5.32 Å². The van der Waals surface area contributed by atoms with Gasteiger partial charge in [-0.3, -0.25) is 0 Å². The van der Waals surface area contributed by atoms with Crippen molar-refractivity contribution >= 4 is 17.3 Å². The zero-order valence-corrected chi connectivity index (χ0v) is 11.7. The van der Waals surface area contributed by atoms with Crippen LogP contribution in [-0.4, -0.2) is 14.5 Å². The summed E-state index contributed by atoms with van der Waals surface area (Å²) >= 11 is 1.70. The lowest BCUT2D eigenvalue weighted by atomic mass is 10.2. The van der Waals surface area contributed by atoms with Gasteiger partial charge in [0.1, 0.15) is 5.01 Å². The standard InChI is InChI=1S/C15H14N4S/c1-2-4-11(5-3-1)13-10-19-8-6-12(17-15(19)18-13)14-16-7-9-20-14/h1-5,7,9-10,12H,6,8H2,(H,17,18). The Kier molecular flexibility index (Phi) is 2.77. The molecule has 0 spiro atoms. The normalized spacial score (nSPS) is 17.5. The van der Waals surface area contributed by atoms with Gasteiger partial charge in [0, 0.05) is 29.9 Å². The van der Waals surface area contributed by atoms with Crippen LogP contribution in [0.1, 0.15) is 17.5 Å². The maximum atomic E-state index is 4.71. The van der Waals surface area contributed by atoms with E-state index in [0.29, 0.717) is 0 Å². The molecule has 100 valence electrons. The van der Waals surface area contributed by atoms with E-state index >= 15 is 0 Å². The Hall–Kier alpha value is -2.14. The van der Waals surface area contributed by atoms with Crippen molar-refractivity contribution in [1.29, 1.82) is 0 Å². The van der Waals surface area contributed by atoms with Crippen molar-refractivity contribution in [1.82, 2.24) is 14.5 Å². The SMILES string of the molecule is c1ccc(-c2cn3c(n2)NC(c2nccs2)CC3)cc1. The van der Waals surface area contributed by atoms with Crippen LogP contribution in [0.15, 0.2) is 48.1 Å². The first-order chi connectivity index (χ1) is 9.90. The molecule has 4 nitrogen and oxygen atoms in total. The Morgan fingerprint density at radius 1 is 1.25 bits per heavy atom. The number of benzene rings is 1. The quantitative estimate of drug-likeness (QED) is 0.781. The first-order valence-corrected chi connectivity index (χ1v) is 7.56. The molecule has 3 heterocycles. The van der Waals surface area contributed by atoms with E-state index in [9.17, 15) is 0 Å². The minimum absolute atomic E-state index is 0.286. The number of aryl methyl sites for hydroxylation is 1. The minimum atomic E-state index is 0.286. The highest BCUT2D eigenvalue weighted by Crippen LogP contribution is 2.31. The molecule has 1 unspecified atom stereocenters. The Labute approximate surface area is 121 Å². The van der Waals surface area contributed by atoms with Crippen molar-refractivity contribution in [3.8, 4) is 11.3 Å². The summed E-state index contributed by atoms with van der Waals surface area (Å²) < 4.78 is 2.19. The molecule has 0 amide bonds. The van der Waals surface area contributed by atoms with Crippen LogP contribution in [0.2, 0.25) is 0 Å². The van der Waals surface area contributed by atoms with E-state index in [-0.39, 0.29) is 6.04 Å². The third-order valence-electron chi connectivity index (χ3n) is 3.56. The van der Waals surface area contributed by atoms with Gasteiger partial charge in [-0.05, 0) is 6.42 Å². The number of aromatic nitrogens is 3. The van der Waals surface area contributed by atoms with Gasteiger partial charge in [-0.15, -0.1) is 11.3 Å². The number of rotatable bonds is 2. The Morgan fingerprint density at radius 2 is 2.15 bits per heavy atom. The number of anilines is 1. The van der Waals surface area contributed by atoms with Crippen LogP contribution in [0.3, 0.4) is 0 Å². The van der Waals surface area contributed by atoms with E-state index in [4.69, 9.17) is 4.98 Å². The minimum Gasteiger partial charge on any atom is -0.346 e. The highest BCUT2D eigenvalue weighted by atomic mass is 32.1. The molecule has 4 rings (SSSR count). The van der Waals surface area contributed by atoms with Crippen LogP contribution >= 0.6 is 11.3 Å². The number of thiazole rings is 1. The van der Waals surface area contributed by atoms with Crippen molar-refractivity contribution in [2.24, 2.45) is 0 Å². The number of hydrogen-bond donors (Lipinski definition) is 1. The van der Waals surface area contributed by atoms with Gasteiger partial charge in [0.05, 0.1) is 11.7 Å². The first kappa shape index (κ1) is 11.7. The summed E-state index contributed by atoms with van der Waals surface area (Å²) in [5.41, 5.74) is 2.18. The van der Waals surface area contributed by atoms with Gasteiger partial charge in [-0.1, -0.05) is 30.3 Å². The predicted octanol–water partition coefficient (Wildman–Crippen LogP) is 3.56. The molecule has 5 heteroatoms. The van der Waals surface area contributed by atoms with Gasteiger partial charge in [-0.2, -0.15) is 0 Å². The zero-order valence-electron chi connectivity index (χ0n) is 10.9. The van der Waals surface area contributed by atoms with Gasteiger partial charge >= 0.3 is 0 Å². The molecule has 20 heavy (non-hydrogen) atoms. The van der Waals surface area contributed by atoms with Crippen molar-refractivity contribution in [3.63, 3.8) is 0 Å². The summed E-state index contributed by atoms with van der Waals surface area (Å²) in [6.45, 7) is 0.979. The Bertz CT molecular complexity index is 703. The van der Waals surface area contributed by atoms with Crippen LogP contribution in [0, 0.1) is 0 Å². The monoisotopic (exact) mass is 282 g/mol. The molecule has 1 aliphatic rings. The van der Waals surface area contributed by atoms with Crippen molar-refractivity contribution in [2.45, 2.75) is 19.0 Å². The zero-order chi connectivity index (χ0) is 13.4. The van der Waals surface area contributed by atoms with Crippen LogP contribution in [-0.2, 0) is 6.54 Å². The summed E-state index contributed by atoms with van der Waals surface area (Å²) in [4.78, 5) is 9.11. The molecule has 0 saturated heterocycles. The Balaban J connectivity index is 1.65. The highest BCUT2D eigenvalue weighted by molar-refractivity contribution is 7.09. The maximum absolute atomic E-state index is 4.71. The van der Waals surface area contributed by atoms with E-state index in [1.54, 1.807) is 11.3 Å². The molecule has 0 fully saturated rings. The molecule has 2 aromatic heterocycles. The van der Waals surface area contributed by atoms with E-state index in [1.807, 2.05) is 29.8 Å². The molecule has 0 saturated carbocycles. The van der Waals surface area contributed by atoms with Crippen molar-refractivity contribution < 1.29 is 0 Å². The molecule has 1 aliphatic heterocycles. The second kappa shape index (κ2) is 4.76. The molecule has 3 aromatic rings. The molecule has 0 radical (unpaired) electrons. The fourth-order valence-electron chi connectivity index (χ4n) is 2.54. The third-order valence-corrected chi connectivity index (χ3v) is 4.45. The van der Waals surface area contributed by atoms with E-state index in [2.05, 4.69) is 33.2 Å². The summed E-state index contributed by atoms with van der Waals surface area (Å²) in [5, 5.41) is 6.65. The maximum Gasteiger partial charge on any atom is 0.203 e. The molecular formula is C15H14N4S. The molecular weight excluding hydrogens is 268 g/mol. The summed E-state index contributed by atoms with van der Waals surface area (Å²) in [5.74, 6) is 0.940. The number of nitrogens with zero attached hydrogens (tertiary/aromatic N) is 3. The number of imidazole rings is 1. The molecule has 0 bridgehead atoms. The van der Waals surface area contributed by atoms with Gasteiger partial charge < -0.3 is 9.88 Å². The van der Waals surface area contributed by atoms with Crippen molar-refractivity contribution in [3.05, 3.63) is 53.1 Å². The predicted molar refractivity (Wildman–Crippen MR) is 80.8 cm³/mol. The lowest BCUT2D eigenvalue weighted by molar-refractivity contribution is 0.541. The van der Waals surface area contributed by atoms with Gasteiger partial charge in [0.25, 0.3) is 0 Å². The number of nitrogens with one attached hydrogen (secondary N) is 1. The Morgan fingerprint density at radius 3 is 2.95 bits per heavy atom. The first-order valence-electron chi connectivity index (χ1n) is 6.69.